The van der Waals surface area contributed by atoms with Gasteiger partial charge in [-0.05, 0) is 35.7 Å². The van der Waals surface area contributed by atoms with E-state index in [0.717, 1.165) is 12.1 Å². The summed E-state index contributed by atoms with van der Waals surface area (Å²) in [6.45, 7) is 2.78. The van der Waals surface area contributed by atoms with Gasteiger partial charge < -0.3 is 5.11 Å². The van der Waals surface area contributed by atoms with E-state index in [1.807, 2.05) is 0 Å². The van der Waals surface area contributed by atoms with Crippen LogP contribution in [0.1, 0.15) is 35.3 Å². The van der Waals surface area contributed by atoms with E-state index in [0.29, 0.717) is 0 Å². The Hall–Kier alpha value is -1.21. The van der Waals surface area contributed by atoms with Gasteiger partial charge in [-0.25, -0.2) is 13.2 Å². The number of carbonyl (C=O) groups is 1. The Balaban J connectivity index is 3.89. The molecule has 0 atom stereocenters. The predicted molar refractivity (Wildman–Crippen MR) is 70.3 cm³/mol. The molecule has 0 spiro atoms. The molecule has 1 aromatic carbocycles. The Kier molecular flexibility index (Phi) is 4.76. The molecule has 0 aromatic heterocycles. The van der Waals surface area contributed by atoms with Crippen LogP contribution in [0.5, 0.6) is 0 Å². The number of carboxylic acid groups (broad SMARTS) is 1. The molecule has 0 saturated heterocycles. The Morgan fingerprint density at radius 1 is 1.35 bits per heavy atom. The molecular formula is C12H13ClF2O4S. The molecule has 8 heteroatoms. The molecule has 0 fully saturated rings. The number of aromatic carboxylic acids is 1. The Morgan fingerprint density at radius 3 is 2.25 bits per heavy atom. The van der Waals surface area contributed by atoms with Gasteiger partial charge in [-0.1, -0.05) is 13.8 Å². The number of benzene rings is 1. The van der Waals surface area contributed by atoms with Crippen molar-refractivity contribution in [2.45, 2.75) is 30.5 Å². The molecule has 1 aromatic rings. The maximum Gasteiger partial charge on any atom is 0.349 e. The topological polar surface area (TPSA) is 71.4 Å². The molecule has 0 radical (unpaired) electrons. The SMILES string of the molecule is CCc1c(C(=O)O)ccc(C(F)(F)Cl)c1S(=O)(=O)CC. The summed E-state index contributed by atoms with van der Waals surface area (Å²) in [6.07, 6.45) is -0.0169. The molecule has 0 aliphatic rings. The van der Waals surface area contributed by atoms with E-state index in [1.165, 1.54) is 13.8 Å². The Bertz CT molecular complexity index is 636. The summed E-state index contributed by atoms with van der Waals surface area (Å²) in [5, 5.41) is 5.15. The quantitative estimate of drug-likeness (QED) is 0.844. The molecule has 0 amide bonds. The van der Waals surface area contributed by atoms with Gasteiger partial charge in [0.05, 0.1) is 21.8 Å². The van der Waals surface area contributed by atoms with Crippen molar-refractivity contribution in [1.29, 1.82) is 0 Å². The third-order valence-electron chi connectivity index (χ3n) is 2.84. The summed E-state index contributed by atoms with van der Waals surface area (Å²) < 4.78 is 50.8. The van der Waals surface area contributed by atoms with Gasteiger partial charge in [0.1, 0.15) is 0 Å². The van der Waals surface area contributed by atoms with E-state index in [1.54, 1.807) is 0 Å². The van der Waals surface area contributed by atoms with Crippen LogP contribution in [0.2, 0.25) is 0 Å². The van der Waals surface area contributed by atoms with Gasteiger partial charge >= 0.3 is 11.4 Å². The highest BCUT2D eigenvalue weighted by Crippen LogP contribution is 2.39. The van der Waals surface area contributed by atoms with E-state index in [9.17, 15) is 22.0 Å². The lowest BCUT2D eigenvalue weighted by atomic mass is 10.0. The third kappa shape index (κ3) is 3.09. The van der Waals surface area contributed by atoms with Crippen molar-refractivity contribution in [3.63, 3.8) is 0 Å². The van der Waals surface area contributed by atoms with E-state index < -0.39 is 37.4 Å². The second-order valence-electron chi connectivity index (χ2n) is 4.03. The number of halogens is 3. The number of carboxylic acids is 1. The Morgan fingerprint density at radius 2 is 1.90 bits per heavy atom. The highest BCUT2D eigenvalue weighted by molar-refractivity contribution is 7.91. The van der Waals surface area contributed by atoms with Crippen LogP contribution in [0, 0.1) is 0 Å². The highest BCUT2D eigenvalue weighted by atomic mass is 35.5. The monoisotopic (exact) mass is 326 g/mol. The average molecular weight is 327 g/mol. The lowest BCUT2D eigenvalue weighted by Crippen LogP contribution is -2.19. The number of alkyl halides is 3. The summed E-state index contributed by atoms with van der Waals surface area (Å²) in [5.74, 6) is -1.80. The first-order chi connectivity index (χ1) is 9.06. The zero-order chi connectivity index (χ0) is 15.7. The number of sulfone groups is 1. The van der Waals surface area contributed by atoms with Gasteiger partial charge in [0, 0.05) is 0 Å². The molecule has 0 bridgehead atoms. The van der Waals surface area contributed by atoms with Gasteiger partial charge in [0.15, 0.2) is 9.84 Å². The van der Waals surface area contributed by atoms with Crippen molar-refractivity contribution < 1.29 is 27.1 Å². The van der Waals surface area contributed by atoms with Crippen LogP contribution < -0.4 is 0 Å². The molecule has 4 nitrogen and oxygen atoms in total. The van der Waals surface area contributed by atoms with Crippen molar-refractivity contribution >= 4 is 27.4 Å². The van der Waals surface area contributed by atoms with E-state index >= 15 is 0 Å². The number of hydrogen-bond donors (Lipinski definition) is 1. The maximum absolute atomic E-state index is 13.4. The van der Waals surface area contributed by atoms with Crippen molar-refractivity contribution in [2.24, 2.45) is 0 Å². The first-order valence-electron chi connectivity index (χ1n) is 5.75. The van der Waals surface area contributed by atoms with Crippen molar-refractivity contribution in [3.05, 3.63) is 28.8 Å². The fourth-order valence-electron chi connectivity index (χ4n) is 1.90. The lowest BCUT2D eigenvalue weighted by Gasteiger charge is -2.18. The summed E-state index contributed by atoms with van der Waals surface area (Å²) in [4.78, 5) is 10.4. The Labute approximate surface area is 120 Å². The van der Waals surface area contributed by atoms with Gasteiger partial charge in [-0.3, -0.25) is 0 Å². The van der Waals surface area contributed by atoms with Crippen LogP contribution in [0.15, 0.2) is 17.0 Å². The summed E-state index contributed by atoms with van der Waals surface area (Å²) in [5.41, 5.74) is -1.36. The minimum Gasteiger partial charge on any atom is -0.478 e. The molecule has 1 N–H and O–H groups in total. The van der Waals surface area contributed by atoms with Crippen LogP contribution in [0.25, 0.3) is 0 Å². The molecule has 0 aliphatic carbocycles. The van der Waals surface area contributed by atoms with Gasteiger partial charge in [-0.15, -0.1) is 0 Å². The van der Waals surface area contributed by atoms with Gasteiger partial charge in [0.25, 0.3) is 0 Å². The first kappa shape index (κ1) is 16.8. The highest BCUT2D eigenvalue weighted by Gasteiger charge is 2.37. The normalized spacial score (nSPS) is 12.4. The zero-order valence-electron chi connectivity index (χ0n) is 10.8. The van der Waals surface area contributed by atoms with Gasteiger partial charge in [0.2, 0.25) is 0 Å². The van der Waals surface area contributed by atoms with Crippen LogP contribution in [0.3, 0.4) is 0 Å². The zero-order valence-corrected chi connectivity index (χ0v) is 12.4. The van der Waals surface area contributed by atoms with Crippen LogP contribution in [-0.4, -0.2) is 25.2 Å². The van der Waals surface area contributed by atoms with E-state index in [4.69, 9.17) is 16.7 Å². The molecule has 0 unspecified atom stereocenters. The largest absolute Gasteiger partial charge is 0.478 e. The van der Waals surface area contributed by atoms with E-state index in [2.05, 4.69) is 0 Å². The van der Waals surface area contributed by atoms with Crippen LogP contribution in [0.4, 0.5) is 8.78 Å². The first-order valence-corrected chi connectivity index (χ1v) is 7.78. The molecule has 1 rings (SSSR count). The number of hydrogen-bond acceptors (Lipinski definition) is 3. The second-order valence-corrected chi connectivity index (χ2v) is 6.72. The molecule has 0 heterocycles. The van der Waals surface area contributed by atoms with Crippen molar-refractivity contribution in [3.8, 4) is 0 Å². The lowest BCUT2D eigenvalue weighted by molar-refractivity contribution is 0.0692. The van der Waals surface area contributed by atoms with Crippen LogP contribution >= 0.6 is 11.6 Å². The van der Waals surface area contributed by atoms with Gasteiger partial charge in [-0.2, -0.15) is 8.78 Å². The summed E-state index contributed by atoms with van der Waals surface area (Å²) in [6, 6.07) is 1.69. The smallest absolute Gasteiger partial charge is 0.349 e. The minimum absolute atomic E-state index is 0.0169. The summed E-state index contributed by atoms with van der Waals surface area (Å²) >= 11 is 4.94. The van der Waals surface area contributed by atoms with Crippen LogP contribution in [-0.2, 0) is 21.6 Å². The fraction of sp³-hybridized carbons (Fsp3) is 0.417. The van der Waals surface area contributed by atoms with Crippen molar-refractivity contribution in [2.75, 3.05) is 5.75 Å². The maximum atomic E-state index is 13.4. The standard InChI is InChI=1S/C12H13ClF2O4S/c1-3-7-8(11(16)17)5-6-9(12(13,14)15)10(7)20(18,19)4-2/h5-6H,3-4H2,1-2H3,(H,16,17). The number of rotatable bonds is 5. The fourth-order valence-corrected chi connectivity index (χ4v) is 3.57. The molecule has 0 saturated carbocycles. The predicted octanol–water partition coefficient (Wildman–Crippen LogP) is 3.03. The molecular weight excluding hydrogens is 314 g/mol. The molecule has 20 heavy (non-hydrogen) atoms. The van der Waals surface area contributed by atoms with Crippen molar-refractivity contribution in [1.82, 2.24) is 0 Å². The molecule has 0 aliphatic heterocycles. The minimum atomic E-state index is -4.04. The average Bonchev–Trinajstić information content (AvgIpc) is 2.35. The summed E-state index contributed by atoms with van der Waals surface area (Å²) in [7, 11) is -4.04. The second kappa shape index (κ2) is 5.65. The third-order valence-corrected chi connectivity index (χ3v) is 4.89. The van der Waals surface area contributed by atoms with E-state index in [-0.39, 0.29) is 17.5 Å². The molecule has 112 valence electrons.